The molecule has 0 bridgehead atoms. The van der Waals surface area contributed by atoms with Gasteiger partial charge in [-0.2, -0.15) is 0 Å². The lowest BCUT2D eigenvalue weighted by molar-refractivity contribution is 0.0993. The van der Waals surface area contributed by atoms with Gasteiger partial charge in [0.05, 0.1) is 5.69 Å². The molecule has 0 unspecified atom stereocenters. The number of anilines is 1. The van der Waals surface area contributed by atoms with Crippen LogP contribution in [0.15, 0.2) is 54.7 Å². The van der Waals surface area contributed by atoms with Gasteiger partial charge in [0.2, 0.25) is 0 Å². The Bertz CT molecular complexity index is 765. The number of aromatic nitrogens is 1. The van der Waals surface area contributed by atoms with E-state index in [-0.39, 0.29) is 5.91 Å². The summed E-state index contributed by atoms with van der Waals surface area (Å²) in [5, 5.41) is 1.59. The largest absolute Gasteiger partial charge is 0.359 e. The molecule has 0 aliphatic rings. The van der Waals surface area contributed by atoms with Crippen LogP contribution < -0.4 is 4.90 Å². The van der Waals surface area contributed by atoms with Crippen molar-refractivity contribution in [1.82, 2.24) is 4.98 Å². The minimum absolute atomic E-state index is 0.0496. The number of benzene rings is 2. The van der Waals surface area contributed by atoms with Crippen LogP contribution >= 0.6 is 11.6 Å². The summed E-state index contributed by atoms with van der Waals surface area (Å²) in [5.41, 5.74) is 2.43. The van der Waals surface area contributed by atoms with Gasteiger partial charge in [-0.05, 0) is 30.3 Å². The van der Waals surface area contributed by atoms with Crippen molar-refractivity contribution in [2.45, 2.75) is 0 Å². The van der Waals surface area contributed by atoms with Crippen LogP contribution in [0.4, 0.5) is 5.69 Å². The highest BCUT2D eigenvalue weighted by molar-refractivity contribution is 6.31. The number of amides is 1. The van der Waals surface area contributed by atoms with E-state index in [1.54, 1.807) is 24.1 Å². The molecule has 0 saturated heterocycles. The number of rotatable bonds is 2. The smallest absolute Gasteiger partial charge is 0.258 e. The van der Waals surface area contributed by atoms with Crippen LogP contribution in [0.25, 0.3) is 10.9 Å². The topological polar surface area (TPSA) is 36.1 Å². The first-order valence-electron chi connectivity index (χ1n) is 6.26. The number of carbonyl (C=O) groups excluding carboxylic acids is 1. The maximum atomic E-state index is 12.5. The van der Waals surface area contributed by atoms with E-state index < -0.39 is 0 Å². The average molecular weight is 285 g/mol. The number of fused-ring (bicyclic) bond motifs is 1. The Morgan fingerprint density at radius 2 is 1.90 bits per heavy atom. The van der Waals surface area contributed by atoms with Crippen LogP contribution in [0.3, 0.4) is 0 Å². The first-order chi connectivity index (χ1) is 9.66. The maximum absolute atomic E-state index is 12.5. The number of hydrogen-bond acceptors (Lipinski definition) is 1. The maximum Gasteiger partial charge on any atom is 0.258 e. The zero-order chi connectivity index (χ0) is 14.1. The van der Waals surface area contributed by atoms with E-state index in [1.165, 1.54) is 0 Å². The molecule has 0 saturated carbocycles. The van der Waals surface area contributed by atoms with E-state index in [1.807, 2.05) is 42.6 Å². The van der Waals surface area contributed by atoms with E-state index in [0.717, 1.165) is 16.6 Å². The molecule has 0 aliphatic heterocycles. The van der Waals surface area contributed by atoms with Crippen LogP contribution in [0.5, 0.6) is 0 Å². The van der Waals surface area contributed by atoms with Gasteiger partial charge in [-0.1, -0.05) is 29.8 Å². The third-order valence-corrected chi connectivity index (χ3v) is 3.54. The molecule has 0 atom stereocenters. The molecule has 1 heterocycles. The van der Waals surface area contributed by atoms with Crippen molar-refractivity contribution in [1.29, 1.82) is 0 Å². The number of H-pyrrole nitrogens is 1. The lowest BCUT2D eigenvalue weighted by Crippen LogP contribution is -2.25. The van der Waals surface area contributed by atoms with Gasteiger partial charge in [0.1, 0.15) is 0 Å². The normalized spacial score (nSPS) is 10.7. The molecule has 3 nitrogen and oxygen atoms in total. The molecule has 3 aromatic rings. The average Bonchev–Trinajstić information content (AvgIpc) is 2.89. The Balaban J connectivity index is 2.02. The molecule has 100 valence electrons. The SMILES string of the molecule is CN(C(=O)c1ccccc1)c1c[nH]c2ccc(Cl)cc12. The second-order valence-corrected chi connectivity index (χ2v) is 5.03. The summed E-state index contributed by atoms with van der Waals surface area (Å²) in [6, 6.07) is 14.8. The predicted octanol–water partition coefficient (Wildman–Crippen LogP) is 4.10. The van der Waals surface area contributed by atoms with Crippen LogP contribution in [0.2, 0.25) is 5.02 Å². The van der Waals surface area contributed by atoms with E-state index in [2.05, 4.69) is 4.98 Å². The number of nitrogens with one attached hydrogen (secondary N) is 1. The van der Waals surface area contributed by atoms with Gasteiger partial charge >= 0.3 is 0 Å². The molecule has 4 heteroatoms. The van der Waals surface area contributed by atoms with Crippen molar-refractivity contribution in [3.05, 3.63) is 65.3 Å². The lowest BCUT2D eigenvalue weighted by atomic mass is 10.2. The second kappa shape index (κ2) is 5.02. The molecule has 0 radical (unpaired) electrons. The van der Waals surface area contributed by atoms with Crippen molar-refractivity contribution < 1.29 is 4.79 Å². The molecular weight excluding hydrogens is 272 g/mol. The molecule has 0 spiro atoms. The van der Waals surface area contributed by atoms with E-state index in [9.17, 15) is 4.79 Å². The van der Waals surface area contributed by atoms with E-state index in [0.29, 0.717) is 10.6 Å². The van der Waals surface area contributed by atoms with Crippen LogP contribution in [0.1, 0.15) is 10.4 Å². The van der Waals surface area contributed by atoms with Gasteiger partial charge in [-0.3, -0.25) is 4.79 Å². The monoisotopic (exact) mass is 284 g/mol. The van der Waals surface area contributed by atoms with Crippen LogP contribution in [0, 0.1) is 0 Å². The Kier molecular flexibility index (Phi) is 3.20. The molecule has 1 aromatic heterocycles. The molecule has 3 rings (SSSR count). The summed E-state index contributed by atoms with van der Waals surface area (Å²) in [4.78, 5) is 17.2. The van der Waals surface area contributed by atoms with Gasteiger partial charge in [-0.25, -0.2) is 0 Å². The summed E-state index contributed by atoms with van der Waals surface area (Å²) >= 11 is 6.03. The predicted molar refractivity (Wildman–Crippen MR) is 82.5 cm³/mol. The Labute approximate surface area is 121 Å². The van der Waals surface area contributed by atoms with Crippen molar-refractivity contribution in [3.63, 3.8) is 0 Å². The first kappa shape index (κ1) is 12.8. The second-order valence-electron chi connectivity index (χ2n) is 4.59. The Morgan fingerprint density at radius 3 is 2.65 bits per heavy atom. The Hall–Kier alpha value is -2.26. The summed E-state index contributed by atoms with van der Waals surface area (Å²) < 4.78 is 0. The van der Waals surface area contributed by atoms with Crippen molar-refractivity contribution in [2.24, 2.45) is 0 Å². The van der Waals surface area contributed by atoms with Gasteiger partial charge in [0.25, 0.3) is 5.91 Å². The summed E-state index contributed by atoms with van der Waals surface area (Å²) in [6.45, 7) is 0. The highest BCUT2D eigenvalue weighted by Crippen LogP contribution is 2.29. The highest BCUT2D eigenvalue weighted by Gasteiger charge is 2.16. The molecule has 2 aromatic carbocycles. The quantitative estimate of drug-likeness (QED) is 0.756. The van der Waals surface area contributed by atoms with Crippen molar-refractivity contribution in [3.8, 4) is 0 Å². The fourth-order valence-corrected chi connectivity index (χ4v) is 2.41. The third-order valence-electron chi connectivity index (χ3n) is 3.31. The lowest BCUT2D eigenvalue weighted by Gasteiger charge is -2.16. The third kappa shape index (κ3) is 2.17. The number of nitrogens with zero attached hydrogens (tertiary/aromatic N) is 1. The molecule has 0 fully saturated rings. The summed E-state index contributed by atoms with van der Waals surface area (Å²) in [5.74, 6) is -0.0496. The van der Waals surface area contributed by atoms with Crippen molar-refractivity contribution >= 4 is 34.1 Å². The fraction of sp³-hybridized carbons (Fsp3) is 0.0625. The summed E-state index contributed by atoms with van der Waals surface area (Å²) in [6.07, 6.45) is 1.82. The van der Waals surface area contributed by atoms with Crippen molar-refractivity contribution in [2.75, 3.05) is 11.9 Å². The zero-order valence-electron chi connectivity index (χ0n) is 10.9. The first-order valence-corrected chi connectivity index (χ1v) is 6.64. The number of carbonyl (C=O) groups is 1. The minimum Gasteiger partial charge on any atom is -0.359 e. The van der Waals surface area contributed by atoms with E-state index >= 15 is 0 Å². The standard InChI is InChI=1S/C16H13ClN2O/c1-19(16(20)11-5-3-2-4-6-11)15-10-18-14-8-7-12(17)9-13(14)15/h2-10,18H,1H3. The summed E-state index contributed by atoms with van der Waals surface area (Å²) in [7, 11) is 1.76. The molecule has 1 amide bonds. The van der Waals surface area contributed by atoms with E-state index in [4.69, 9.17) is 11.6 Å². The number of hydrogen-bond donors (Lipinski definition) is 1. The van der Waals surface area contributed by atoms with Gasteiger partial charge in [0.15, 0.2) is 0 Å². The van der Waals surface area contributed by atoms with Crippen LogP contribution in [-0.2, 0) is 0 Å². The number of aromatic amines is 1. The highest BCUT2D eigenvalue weighted by atomic mass is 35.5. The zero-order valence-corrected chi connectivity index (χ0v) is 11.7. The van der Waals surface area contributed by atoms with Gasteiger partial charge in [-0.15, -0.1) is 0 Å². The van der Waals surface area contributed by atoms with Gasteiger partial charge in [0, 0.05) is 34.7 Å². The van der Waals surface area contributed by atoms with Crippen LogP contribution in [-0.4, -0.2) is 17.9 Å². The number of halogens is 1. The molecule has 20 heavy (non-hydrogen) atoms. The Morgan fingerprint density at radius 1 is 1.15 bits per heavy atom. The minimum atomic E-state index is -0.0496. The molecular formula is C16H13ClN2O. The fourth-order valence-electron chi connectivity index (χ4n) is 2.24. The van der Waals surface area contributed by atoms with Gasteiger partial charge < -0.3 is 9.88 Å². The molecule has 0 aliphatic carbocycles. The molecule has 1 N–H and O–H groups in total.